The van der Waals surface area contributed by atoms with Gasteiger partial charge >= 0.3 is 0 Å². The van der Waals surface area contributed by atoms with Crippen LogP contribution < -0.4 is 10.6 Å². The Labute approximate surface area is 193 Å². The zero-order valence-electron chi connectivity index (χ0n) is 19.1. The van der Waals surface area contributed by atoms with Crippen molar-refractivity contribution in [2.24, 2.45) is 7.05 Å². The van der Waals surface area contributed by atoms with E-state index >= 15 is 0 Å². The molecule has 0 saturated heterocycles. The smallest absolute Gasteiger partial charge is 0.228 e. The zero-order valence-corrected chi connectivity index (χ0v) is 19.1. The number of anilines is 2. The standard InChI is InChI=1S/C26H28FN5O/c1-5-18(6-2)12-22(7-3)30-25(33)14-20-9-8-19(13-24(20)27)21-15-28-26(29-16-21)31-23-10-11-32(4)17-23/h5,7-13,15-17H,3,6,14H2,1-2,4H3,(H,30,33)(H,28,29,31)/b18-5-,22-12+. The third-order valence-electron chi connectivity index (χ3n) is 5.10. The minimum atomic E-state index is -0.457. The van der Waals surface area contributed by atoms with Gasteiger partial charge in [0.05, 0.1) is 12.1 Å². The first-order chi connectivity index (χ1) is 15.9. The SMILES string of the molecule is C=C/C(=C\C(=C/C)CC)NC(=O)Cc1ccc(-c2cnc(Nc3ccn(C)c3)nc2)cc1F. The van der Waals surface area contributed by atoms with Gasteiger partial charge in [0.15, 0.2) is 0 Å². The van der Waals surface area contributed by atoms with E-state index in [2.05, 4.69) is 27.2 Å². The van der Waals surface area contributed by atoms with E-state index in [1.807, 2.05) is 56.1 Å². The van der Waals surface area contributed by atoms with Crippen molar-refractivity contribution in [3.8, 4) is 11.1 Å². The summed E-state index contributed by atoms with van der Waals surface area (Å²) in [6, 6.07) is 6.68. The predicted molar refractivity (Wildman–Crippen MR) is 130 cm³/mol. The molecule has 2 heterocycles. The molecule has 1 aromatic carbocycles. The van der Waals surface area contributed by atoms with Crippen LogP contribution in [0.1, 0.15) is 25.8 Å². The van der Waals surface area contributed by atoms with E-state index in [0.717, 1.165) is 17.7 Å². The van der Waals surface area contributed by atoms with Crippen LogP contribution in [0.15, 0.2) is 85.1 Å². The van der Waals surface area contributed by atoms with Crippen molar-refractivity contribution < 1.29 is 9.18 Å². The summed E-state index contributed by atoms with van der Waals surface area (Å²) in [5, 5.41) is 5.89. The lowest BCUT2D eigenvalue weighted by molar-refractivity contribution is -0.119. The normalized spacial score (nSPS) is 11.9. The van der Waals surface area contributed by atoms with Crippen LogP contribution in [0.3, 0.4) is 0 Å². The first kappa shape index (κ1) is 23.7. The van der Waals surface area contributed by atoms with E-state index in [4.69, 9.17) is 0 Å². The first-order valence-corrected chi connectivity index (χ1v) is 10.7. The van der Waals surface area contributed by atoms with Crippen LogP contribution >= 0.6 is 0 Å². The Morgan fingerprint density at radius 3 is 2.55 bits per heavy atom. The molecule has 0 aliphatic carbocycles. The molecule has 0 unspecified atom stereocenters. The van der Waals surface area contributed by atoms with Crippen molar-refractivity contribution in [2.75, 3.05) is 5.32 Å². The maximum absolute atomic E-state index is 14.7. The second-order valence-electron chi connectivity index (χ2n) is 7.54. The van der Waals surface area contributed by atoms with Crippen LogP contribution in [0.25, 0.3) is 11.1 Å². The van der Waals surface area contributed by atoms with E-state index in [0.29, 0.717) is 28.3 Å². The molecule has 0 radical (unpaired) electrons. The number of benzene rings is 1. The van der Waals surface area contributed by atoms with Gasteiger partial charge in [0.25, 0.3) is 0 Å². The molecule has 6 nitrogen and oxygen atoms in total. The second kappa shape index (κ2) is 11.0. The van der Waals surface area contributed by atoms with Gasteiger partial charge in [-0.3, -0.25) is 4.79 Å². The molecule has 3 aromatic rings. The molecule has 0 fully saturated rings. The molecule has 2 N–H and O–H groups in total. The summed E-state index contributed by atoms with van der Waals surface area (Å²) in [5.41, 5.74) is 4.17. The first-order valence-electron chi connectivity index (χ1n) is 10.7. The van der Waals surface area contributed by atoms with E-state index in [1.54, 1.807) is 30.6 Å². The number of aryl methyl sites for hydroxylation is 1. The van der Waals surface area contributed by atoms with Crippen molar-refractivity contribution in [3.05, 3.63) is 96.5 Å². The number of carbonyl (C=O) groups is 1. The van der Waals surface area contributed by atoms with Gasteiger partial charge in [-0.25, -0.2) is 14.4 Å². The van der Waals surface area contributed by atoms with Crippen LogP contribution in [-0.4, -0.2) is 20.4 Å². The number of allylic oxidation sites excluding steroid dienone is 4. The third-order valence-corrected chi connectivity index (χ3v) is 5.10. The summed E-state index contributed by atoms with van der Waals surface area (Å²) < 4.78 is 16.6. The van der Waals surface area contributed by atoms with Crippen molar-refractivity contribution in [1.82, 2.24) is 19.9 Å². The van der Waals surface area contributed by atoms with Crippen molar-refractivity contribution >= 4 is 17.5 Å². The fourth-order valence-electron chi connectivity index (χ4n) is 3.23. The Hall–Kier alpha value is -4.00. The molecule has 33 heavy (non-hydrogen) atoms. The highest BCUT2D eigenvalue weighted by atomic mass is 19.1. The molecule has 0 saturated carbocycles. The Kier molecular flexibility index (Phi) is 7.91. The quantitative estimate of drug-likeness (QED) is 0.430. The minimum absolute atomic E-state index is 0.0783. The topological polar surface area (TPSA) is 71.8 Å². The maximum Gasteiger partial charge on any atom is 0.228 e. The van der Waals surface area contributed by atoms with Crippen LogP contribution in [0.4, 0.5) is 16.0 Å². The van der Waals surface area contributed by atoms with E-state index in [9.17, 15) is 9.18 Å². The van der Waals surface area contributed by atoms with Gasteiger partial charge < -0.3 is 15.2 Å². The monoisotopic (exact) mass is 445 g/mol. The minimum Gasteiger partial charge on any atom is -0.355 e. The number of rotatable bonds is 9. The molecule has 7 heteroatoms. The number of nitrogens with one attached hydrogen (secondary N) is 2. The van der Waals surface area contributed by atoms with Crippen LogP contribution in [0, 0.1) is 5.82 Å². The number of nitrogens with zero attached hydrogens (tertiary/aromatic N) is 3. The third kappa shape index (κ3) is 6.49. The van der Waals surface area contributed by atoms with E-state index in [-0.39, 0.29) is 12.3 Å². The van der Waals surface area contributed by atoms with Gasteiger partial charge in [0.1, 0.15) is 5.82 Å². The lowest BCUT2D eigenvalue weighted by Gasteiger charge is -2.09. The largest absolute Gasteiger partial charge is 0.355 e. The highest BCUT2D eigenvalue weighted by Gasteiger charge is 2.11. The number of amides is 1. The highest BCUT2D eigenvalue weighted by molar-refractivity contribution is 5.81. The highest BCUT2D eigenvalue weighted by Crippen LogP contribution is 2.22. The Balaban J connectivity index is 1.67. The maximum atomic E-state index is 14.7. The molecule has 1 amide bonds. The average Bonchev–Trinajstić information content (AvgIpc) is 3.22. The summed E-state index contributed by atoms with van der Waals surface area (Å²) in [5.74, 6) is -0.311. The molecule has 0 aliphatic heterocycles. The van der Waals surface area contributed by atoms with Gasteiger partial charge in [-0.2, -0.15) is 0 Å². The van der Waals surface area contributed by atoms with Crippen LogP contribution in [0.2, 0.25) is 0 Å². The molecule has 3 rings (SSSR count). The number of halogens is 1. The molecular formula is C26H28FN5O. The van der Waals surface area contributed by atoms with Crippen molar-refractivity contribution in [2.45, 2.75) is 26.7 Å². The van der Waals surface area contributed by atoms with Gasteiger partial charge in [-0.05, 0) is 48.8 Å². The van der Waals surface area contributed by atoms with Gasteiger partial charge in [-0.15, -0.1) is 0 Å². The molecular weight excluding hydrogens is 417 g/mol. The molecule has 0 bridgehead atoms. The summed E-state index contributed by atoms with van der Waals surface area (Å²) in [6.45, 7) is 7.70. The number of carbonyl (C=O) groups excluding carboxylic acids is 1. The summed E-state index contributed by atoms with van der Waals surface area (Å²) in [7, 11) is 1.93. The summed E-state index contributed by atoms with van der Waals surface area (Å²) >= 11 is 0. The zero-order chi connectivity index (χ0) is 23.8. The van der Waals surface area contributed by atoms with E-state index in [1.165, 1.54) is 6.07 Å². The molecule has 2 aromatic heterocycles. The Morgan fingerprint density at radius 2 is 1.97 bits per heavy atom. The molecule has 0 aliphatic rings. The number of aromatic nitrogens is 3. The van der Waals surface area contributed by atoms with Gasteiger partial charge in [0.2, 0.25) is 11.9 Å². The van der Waals surface area contributed by atoms with Crippen LogP contribution in [-0.2, 0) is 18.3 Å². The average molecular weight is 446 g/mol. The fraction of sp³-hybridized carbons (Fsp3) is 0.192. The molecule has 0 atom stereocenters. The Bertz CT molecular complexity index is 1190. The predicted octanol–water partition coefficient (Wildman–Crippen LogP) is 5.45. The second-order valence-corrected chi connectivity index (χ2v) is 7.54. The lowest BCUT2D eigenvalue weighted by Crippen LogP contribution is -2.24. The van der Waals surface area contributed by atoms with Gasteiger partial charge in [-0.1, -0.05) is 37.3 Å². The number of hydrogen-bond donors (Lipinski definition) is 2. The fourth-order valence-corrected chi connectivity index (χ4v) is 3.23. The van der Waals surface area contributed by atoms with Gasteiger partial charge in [0, 0.05) is 43.1 Å². The van der Waals surface area contributed by atoms with Crippen molar-refractivity contribution in [3.63, 3.8) is 0 Å². The lowest BCUT2D eigenvalue weighted by atomic mass is 10.0. The summed E-state index contributed by atoms with van der Waals surface area (Å²) in [4.78, 5) is 21.0. The number of hydrogen-bond acceptors (Lipinski definition) is 4. The summed E-state index contributed by atoms with van der Waals surface area (Å²) in [6.07, 6.45) is 13.3. The molecule has 170 valence electrons. The van der Waals surface area contributed by atoms with Crippen LogP contribution in [0.5, 0.6) is 0 Å². The molecule has 0 spiro atoms. The van der Waals surface area contributed by atoms with Crippen molar-refractivity contribution in [1.29, 1.82) is 0 Å². The van der Waals surface area contributed by atoms with E-state index < -0.39 is 5.82 Å². The Morgan fingerprint density at radius 1 is 1.21 bits per heavy atom.